The molecule has 0 bridgehead atoms. The Hall–Kier alpha value is -2.76. The van der Waals surface area contributed by atoms with Gasteiger partial charge in [0.15, 0.2) is 0 Å². The molecule has 6 heteroatoms. The number of aromatic nitrogens is 2. The van der Waals surface area contributed by atoms with Crippen molar-refractivity contribution < 1.29 is 9.59 Å². The van der Waals surface area contributed by atoms with Gasteiger partial charge in [0.1, 0.15) is 0 Å². The number of hydrogen-bond donors (Lipinski definition) is 0. The zero-order valence-corrected chi connectivity index (χ0v) is 15.4. The van der Waals surface area contributed by atoms with E-state index in [1.807, 2.05) is 21.9 Å². The molecule has 2 aliphatic rings. The third-order valence-electron chi connectivity index (χ3n) is 5.75. The molecule has 6 nitrogen and oxygen atoms in total. The van der Waals surface area contributed by atoms with Crippen molar-refractivity contribution in [3.05, 3.63) is 60.2 Å². The number of carbonyl (C=O) groups excluding carboxylic acids is 2. The lowest BCUT2D eigenvalue weighted by atomic mass is 9.79. The number of amides is 2. The molecule has 1 unspecified atom stereocenters. The molecule has 4 heterocycles. The van der Waals surface area contributed by atoms with Crippen LogP contribution in [0.2, 0.25) is 0 Å². The molecule has 2 aromatic heterocycles. The zero-order chi connectivity index (χ0) is 18.7. The van der Waals surface area contributed by atoms with Crippen molar-refractivity contribution >= 4 is 11.8 Å². The summed E-state index contributed by atoms with van der Waals surface area (Å²) in [4.78, 5) is 37.5. The second-order valence-electron chi connectivity index (χ2n) is 7.67. The fraction of sp³-hybridized carbons (Fsp3) is 0.429. The number of carbonyl (C=O) groups is 2. The first-order valence-electron chi connectivity index (χ1n) is 9.51. The van der Waals surface area contributed by atoms with E-state index < -0.39 is 0 Å². The first-order chi connectivity index (χ1) is 13.2. The highest BCUT2D eigenvalue weighted by Gasteiger charge is 2.43. The summed E-state index contributed by atoms with van der Waals surface area (Å²) in [5, 5.41) is 0. The molecule has 2 aliphatic heterocycles. The number of likely N-dealkylation sites (tertiary alicyclic amines) is 2. The predicted octanol–water partition coefficient (Wildman–Crippen LogP) is 2.17. The van der Waals surface area contributed by atoms with E-state index in [1.54, 1.807) is 36.9 Å². The van der Waals surface area contributed by atoms with E-state index in [0.29, 0.717) is 12.0 Å². The summed E-state index contributed by atoms with van der Waals surface area (Å²) in [6, 6.07) is 7.32. The molecule has 0 aliphatic carbocycles. The van der Waals surface area contributed by atoms with E-state index >= 15 is 0 Å². The molecule has 1 atom stereocenters. The van der Waals surface area contributed by atoms with Gasteiger partial charge in [-0.3, -0.25) is 19.6 Å². The molecule has 140 valence electrons. The van der Waals surface area contributed by atoms with Crippen LogP contribution in [0.4, 0.5) is 0 Å². The summed E-state index contributed by atoms with van der Waals surface area (Å²) >= 11 is 0. The van der Waals surface area contributed by atoms with Gasteiger partial charge >= 0.3 is 0 Å². The SMILES string of the molecule is O=C(Cc1cccnc1)N1CCCC2(CCN(C(=O)c3ccncc3)C2)C1. The van der Waals surface area contributed by atoms with Gasteiger partial charge in [-0.05, 0) is 43.0 Å². The molecular weight excluding hydrogens is 340 g/mol. The second kappa shape index (κ2) is 7.47. The van der Waals surface area contributed by atoms with Gasteiger partial charge in [-0.2, -0.15) is 0 Å². The lowest BCUT2D eigenvalue weighted by molar-refractivity contribution is -0.133. The third-order valence-corrected chi connectivity index (χ3v) is 5.75. The average Bonchev–Trinajstić information content (AvgIpc) is 3.12. The maximum Gasteiger partial charge on any atom is 0.253 e. The Bertz CT molecular complexity index is 811. The Labute approximate surface area is 159 Å². The van der Waals surface area contributed by atoms with Crippen molar-refractivity contribution in [3.8, 4) is 0 Å². The number of nitrogens with zero attached hydrogens (tertiary/aromatic N) is 4. The second-order valence-corrected chi connectivity index (χ2v) is 7.67. The molecule has 2 amide bonds. The van der Waals surface area contributed by atoms with Gasteiger partial charge in [0, 0.05) is 61.9 Å². The van der Waals surface area contributed by atoms with Crippen molar-refractivity contribution in [2.45, 2.75) is 25.7 Å². The van der Waals surface area contributed by atoms with Gasteiger partial charge in [0.05, 0.1) is 6.42 Å². The van der Waals surface area contributed by atoms with E-state index in [0.717, 1.165) is 51.0 Å². The van der Waals surface area contributed by atoms with Crippen LogP contribution in [0, 0.1) is 5.41 Å². The van der Waals surface area contributed by atoms with Crippen molar-refractivity contribution in [1.82, 2.24) is 19.8 Å². The van der Waals surface area contributed by atoms with Gasteiger partial charge in [-0.25, -0.2) is 0 Å². The van der Waals surface area contributed by atoms with Crippen LogP contribution in [0.25, 0.3) is 0 Å². The number of piperidine rings is 1. The first-order valence-corrected chi connectivity index (χ1v) is 9.51. The maximum atomic E-state index is 12.8. The van der Waals surface area contributed by atoms with Crippen molar-refractivity contribution in [2.24, 2.45) is 5.41 Å². The first kappa shape index (κ1) is 17.6. The van der Waals surface area contributed by atoms with Crippen LogP contribution in [0.5, 0.6) is 0 Å². The van der Waals surface area contributed by atoms with Crippen LogP contribution >= 0.6 is 0 Å². The molecule has 0 N–H and O–H groups in total. The minimum atomic E-state index is 0.0333. The minimum Gasteiger partial charge on any atom is -0.342 e. The Kier molecular flexibility index (Phi) is 4.88. The van der Waals surface area contributed by atoms with Crippen LogP contribution in [0.3, 0.4) is 0 Å². The standard InChI is InChI=1S/C21H24N4O2/c26-19(13-17-3-1-8-23-14-17)24-11-2-6-21(15-24)7-12-25(16-21)20(27)18-4-9-22-10-5-18/h1,3-5,8-10,14H,2,6-7,11-13,15-16H2. The fourth-order valence-electron chi connectivity index (χ4n) is 4.33. The van der Waals surface area contributed by atoms with Gasteiger partial charge in [0.2, 0.25) is 5.91 Å². The van der Waals surface area contributed by atoms with Crippen molar-refractivity contribution in [1.29, 1.82) is 0 Å². The van der Waals surface area contributed by atoms with Crippen molar-refractivity contribution in [3.63, 3.8) is 0 Å². The van der Waals surface area contributed by atoms with E-state index in [-0.39, 0.29) is 17.2 Å². The Morgan fingerprint density at radius 1 is 0.963 bits per heavy atom. The fourth-order valence-corrected chi connectivity index (χ4v) is 4.33. The third kappa shape index (κ3) is 3.84. The van der Waals surface area contributed by atoms with Gasteiger partial charge in [-0.15, -0.1) is 0 Å². The highest BCUT2D eigenvalue weighted by Crippen LogP contribution is 2.39. The van der Waals surface area contributed by atoms with Crippen LogP contribution in [-0.4, -0.2) is 57.8 Å². The summed E-state index contributed by atoms with van der Waals surface area (Å²) in [6.07, 6.45) is 10.2. The molecule has 1 spiro atoms. The molecular formula is C21H24N4O2. The Morgan fingerprint density at radius 3 is 2.56 bits per heavy atom. The average molecular weight is 364 g/mol. The Morgan fingerprint density at radius 2 is 1.78 bits per heavy atom. The van der Waals surface area contributed by atoms with Crippen LogP contribution in [0.1, 0.15) is 35.2 Å². The predicted molar refractivity (Wildman–Crippen MR) is 101 cm³/mol. The van der Waals surface area contributed by atoms with Gasteiger partial charge in [0.25, 0.3) is 5.91 Å². The van der Waals surface area contributed by atoms with E-state index in [4.69, 9.17) is 0 Å². The Balaban J connectivity index is 1.40. The quantitative estimate of drug-likeness (QED) is 0.837. The number of hydrogen-bond acceptors (Lipinski definition) is 4. The number of rotatable bonds is 3. The minimum absolute atomic E-state index is 0.0333. The monoisotopic (exact) mass is 364 g/mol. The molecule has 0 aromatic carbocycles. The summed E-state index contributed by atoms with van der Waals surface area (Å²) in [7, 11) is 0. The normalized spacial score (nSPS) is 22.2. The topological polar surface area (TPSA) is 66.4 Å². The summed E-state index contributed by atoms with van der Waals surface area (Å²) in [5.74, 6) is 0.217. The molecule has 2 fully saturated rings. The van der Waals surface area contributed by atoms with E-state index in [9.17, 15) is 9.59 Å². The lowest BCUT2D eigenvalue weighted by Gasteiger charge is -2.40. The smallest absolute Gasteiger partial charge is 0.253 e. The molecule has 27 heavy (non-hydrogen) atoms. The largest absolute Gasteiger partial charge is 0.342 e. The van der Waals surface area contributed by atoms with Crippen LogP contribution in [0.15, 0.2) is 49.1 Å². The molecule has 0 saturated carbocycles. The van der Waals surface area contributed by atoms with Crippen LogP contribution in [-0.2, 0) is 11.2 Å². The van der Waals surface area contributed by atoms with E-state index in [2.05, 4.69) is 9.97 Å². The molecule has 2 saturated heterocycles. The van der Waals surface area contributed by atoms with E-state index in [1.165, 1.54) is 0 Å². The highest BCUT2D eigenvalue weighted by molar-refractivity contribution is 5.94. The molecule has 2 aromatic rings. The van der Waals surface area contributed by atoms with Gasteiger partial charge < -0.3 is 9.80 Å². The number of pyridine rings is 2. The summed E-state index contributed by atoms with van der Waals surface area (Å²) < 4.78 is 0. The highest BCUT2D eigenvalue weighted by atomic mass is 16.2. The maximum absolute atomic E-state index is 12.8. The summed E-state index contributed by atoms with van der Waals surface area (Å²) in [6.45, 7) is 3.03. The van der Waals surface area contributed by atoms with Gasteiger partial charge in [-0.1, -0.05) is 6.07 Å². The van der Waals surface area contributed by atoms with Crippen LogP contribution < -0.4 is 0 Å². The summed E-state index contributed by atoms with van der Waals surface area (Å²) in [5.41, 5.74) is 1.66. The van der Waals surface area contributed by atoms with Crippen molar-refractivity contribution in [2.75, 3.05) is 26.2 Å². The lowest BCUT2D eigenvalue weighted by Crippen LogP contribution is -2.48. The molecule has 0 radical (unpaired) electrons. The molecule has 4 rings (SSSR count). The zero-order valence-electron chi connectivity index (χ0n) is 15.4.